The summed E-state index contributed by atoms with van der Waals surface area (Å²) in [5.74, 6) is 0. The van der Waals surface area contributed by atoms with Crippen LogP contribution in [-0.4, -0.2) is 5.48 Å². The summed E-state index contributed by atoms with van der Waals surface area (Å²) in [5.41, 5.74) is 2.55. The zero-order valence-electron chi connectivity index (χ0n) is 14.5. The van der Waals surface area contributed by atoms with Crippen molar-refractivity contribution in [3.05, 3.63) is 121 Å². The second kappa shape index (κ2) is 11.0. The van der Waals surface area contributed by atoms with Crippen LogP contribution in [0.25, 0.3) is 11.1 Å². The van der Waals surface area contributed by atoms with Crippen molar-refractivity contribution in [2.45, 2.75) is 0 Å². The molecule has 0 unspecified atom stereocenters. The van der Waals surface area contributed by atoms with E-state index in [1.165, 1.54) is 21.7 Å². The Balaban J connectivity index is 0.000000180. The highest BCUT2D eigenvalue weighted by molar-refractivity contribution is 7.55. The van der Waals surface area contributed by atoms with Crippen LogP contribution in [0, 0.1) is 0 Å². The molecule has 0 aliphatic heterocycles. The fraction of sp³-hybridized carbons (Fsp3) is 0. The minimum absolute atomic E-state index is 0. The van der Waals surface area contributed by atoms with Gasteiger partial charge in [0, 0.05) is 0 Å². The zero-order valence-corrected chi connectivity index (χ0v) is 15.5. The van der Waals surface area contributed by atoms with Crippen LogP contribution in [0.2, 0.25) is 0 Å². The van der Waals surface area contributed by atoms with Gasteiger partial charge in [0.15, 0.2) is 0 Å². The van der Waals surface area contributed by atoms with Gasteiger partial charge in [-0.2, -0.15) is 0 Å². The van der Waals surface area contributed by atoms with Crippen molar-refractivity contribution in [3.8, 4) is 11.1 Å². The molecular weight excluding hydrogens is 335 g/mol. The summed E-state index contributed by atoms with van der Waals surface area (Å²) in [5, 5.41) is 2.79. The minimum Gasteiger partial charge on any atom is -0.412 e. The lowest BCUT2D eigenvalue weighted by Crippen LogP contribution is -2.01. The first-order valence-corrected chi connectivity index (χ1v) is 9.39. The van der Waals surface area contributed by atoms with Gasteiger partial charge in [0.05, 0.1) is 0 Å². The van der Waals surface area contributed by atoms with E-state index in [0.29, 0.717) is 0 Å². The Kier molecular flexibility index (Phi) is 8.29. The smallest absolute Gasteiger partial charge is 0.0184 e. The molecule has 0 saturated carbocycles. The van der Waals surface area contributed by atoms with Gasteiger partial charge < -0.3 is 5.48 Å². The monoisotopic (exact) mass is 358 g/mol. The van der Waals surface area contributed by atoms with Crippen LogP contribution in [0.1, 0.15) is 0 Å². The van der Waals surface area contributed by atoms with Crippen LogP contribution in [0.4, 0.5) is 0 Å². The summed E-state index contributed by atoms with van der Waals surface area (Å²) < 4.78 is 0. The Bertz CT molecular complexity index is 772. The van der Waals surface area contributed by atoms with Gasteiger partial charge in [0.25, 0.3) is 0 Å². The molecule has 0 saturated heterocycles. The number of hydrogen-bond acceptors (Lipinski definition) is 0. The molecule has 0 fully saturated rings. The fourth-order valence-electron chi connectivity index (χ4n) is 2.47. The molecular formula is C24H23OP. The Morgan fingerprint density at radius 1 is 0.346 bits per heavy atom. The lowest BCUT2D eigenvalue weighted by Gasteiger charge is -2.00. The zero-order chi connectivity index (χ0) is 17.2. The van der Waals surface area contributed by atoms with Crippen LogP contribution in [0.15, 0.2) is 121 Å². The van der Waals surface area contributed by atoms with Gasteiger partial charge in [-0.25, -0.2) is 0 Å². The van der Waals surface area contributed by atoms with E-state index in [-0.39, 0.29) is 5.48 Å². The highest BCUT2D eigenvalue weighted by atomic mass is 31.1. The topological polar surface area (TPSA) is 31.5 Å². The summed E-state index contributed by atoms with van der Waals surface area (Å²) in [6.45, 7) is 0. The first-order valence-electron chi connectivity index (χ1n) is 8.39. The molecule has 4 aromatic rings. The maximum atomic E-state index is 2.17. The molecule has 0 amide bonds. The van der Waals surface area contributed by atoms with Gasteiger partial charge in [0.1, 0.15) is 0 Å². The largest absolute Gasteiger partial charge is 0.412 e. The van der Waals surface area contributed by atoms with Crippen LogP contribution in [-0.2, 0) is 0 Å². The van der Waals surface area contributed by atoms with Crippen molar-refractivity contribution in [2.75, 3.05) is 0 Å². The van der Waals surface area contributed by atoms with Gasteiger partial charge in [-0.1, -0.05) is 130 Å². The maximum Gasteiger partial charge on any atom is -0.0184 e. The van der Waals surface area contributed by atoms with E-state index in [4.69, 9.17) is 0 Å². The third kappa shape index (κ3) is 6.29. The molecule has 0 bridgehead atoms. The van der Waals surface area contributed by atoms with Crippen LogP contribution >= 0.6 is 8.58 Å². The second-order valence-electron chi connectivity index (χ2n) is 5.59. The molecule has 1 nitrogen and oxygen atoms in total. The molecule has 0 aliphatic rings. The SMILES string of the molecule is O.c1ccc(-c2ccccc2)cc1.c1ccc(Pc2ccccc2)cc1. The van der Waals surface area contributed by atoms with E-state index in [9.17, 15) is 0 Å². The molecule has 26 heavy (non-hydrogen) atoms. The van der Waals surface area contributed by atoms with Gasteiger partial charge in [-0.05, 0) is 21.7 Å². The first-order chi connectivity index (χ1) is 12.4. The Hall–Kier alpha value is -2.73. The number of hydrogen-bond donors (Lipinski definition) is 0. The van der Waals surface area contributed by atoms with Gasteiger partial charge in [-0.3, -0.25) is 0 Å². The third-order valence-electron chi connectivity index (χ3n) is 3.72. The molecule has 130 valence electrons. The molecule has 0 radical (unpaired) electrons. The van der Waals surface area contributed by atoms with E-state index < -0.39 is 0 Å². The summed E-state index contributed by atoms with van der Waals surface area (Å²) >= 11 is 0. The molecule has 2 heteroatoms. The molecule has 4 aromatic carbocycles. The maximum absolute atomic E-state index is 2.17. The predicted octanol–water partition coefficient (Wildman–Crippen LogP) is 4.84. The highest BCUT2D eigenvalue weighted by Gasteiger charge is 1.93. The van der Waals surface area contributed by atoms with E-state index >= 15 is 0 Å². The summed E-state index contributed by atoms with van der Waals surface area (Å²) in [6, 6.07) is 41.9. The number of rotatable bonds is 3. The van der Waals surface area contributed by atoms with E-state index in [2.05, 4.69) is 109 Å². The van der Waals surface area contributed by atoms with Crippen molar-refractivity contribution in [1.82, 2.24) is 0 Å². The first kappa shape index (κ1) is 19.6. The van der Waals surface area contributed by atoms with E-state index in [1.54, 1.807) is 0 Å². The van der Waals surface area contributed by atoms with Crippen molar-refractivity contribution < 1.29 is 5.48 Å². The Labute approximate surface area is 157 Å². The van der Waals surface area contributed by atoms with Crippen LogP contribution in [0.5, 0.6) is 0 Å². The molecule has 0 heterocycles. The quantitative estimate of drug-likeness (QED) is 0.469. The summed E-state index contributed by atoms with van der Waals surface area (Å²) in [4.78, 5) is 0. The standard InChI is InChI=1S/C12H11P.C12H10.H2O/c1-3-7-11(8-4-1)13-12-9-5-2-6-10-12;1-3-7-11(8-4-1)12-9-5-2-6-10-12;/h1-10,13H;1-10H;1H2. The molecule has 0 aromatic heterocycles. The van der Waals surface area contributed by atoms with Crippen LogP contribution in [0.3, 0.4) is 0 Å². The van der Waals surface area contributed by atoms with Gasteiger partial charge in [-0.15, -0.1) is 0 Å². The van der Waals surface area contributed by atoms with Crippen molar-refractivity contribution in [3.63, 3.8) is 0 Å². The fourth-order valence-corrected chi connectivity index (χ4v) is 3.52. The summed E-state index contributed by atoms with van der Waals surface area (Å²) in [7, 11) is 0.777. The lowest BCUT2D eigenvalue weighted by atomic mass is 10.1. The van der Waals surface area contributed by atoms with Crippen molar-refractivity contribution in [1.29, 1.82) is 0 Å². The molecule has 4 rings (SSSR count). The minimum atomic E-state index is 0. The van der Waals surface area contributed by atoms with Crippen LogP contribution < -0.4 is 10.6 Å². The molecule has 0 aliphatic carbocycles. The lowest BCUT2D eigenvalue weighted by molar-refractivity contribution is 0.824. The second-order valence-corrected chi connectivity index (χ2v) is 6.99. The van der Waals surface area contributed by atoms with Gasteiger partial charge in [0.2, 0.25) is 0 Å². The average molecular weight is 358 g/mol. The summed E-state index contributed by atoms with van der Waals surface area (Å²) in [6.07, 6.45) is 0. The Morgan fingerprint density at radius 3 is 0.923 bits per heavy atom. The normalized spacial score (nSPS) is 9.38. The Morgan fingerprint density at radius 2 is 0.615 bits per heavy atom. The molecule has 2 N–H and O–H groups in total. The van der Waals surface area contributed by atoms with Crippen molar-refractivity contribution >= 4 is 19.2 Å². The predicted molar refractivity (Wildman–Crippen MR) is 116 cm³/mol. The third-order valence-corrected chi connectivity index (χ3v) is 4.96. The van der Waals surface area contributed by atoms with E-state index in [1.807, 2.05) is 12.1 Å². The molecule has 0 spiro atoms. The number of benzene rings is 4. The molecule has 0 atom stereocenters. The highest BCUT2D eigenvalue weighted by Crippen LogP contribution is 2.17. The van der Waals surface area contributed by atoms with Crippen molar-refractivity contribution in [2.24, 2.45) is 0 Å². The van der Waals surface area contributed by atoms with Gasteiger partial charge >= 0.3 is 0 Å². The average Bonchev–Trinajstić information content (AvgIpc) is 2.71. The van der Waals surface area contributed by atoms with E-state index in [0.717, 1.165) is 8.58 Å².